The average Bonchev–Trinajstić information content (AvgIpc) is 2.28. The van der Waals surface area contributed by atoms with E-state index in [4.69, 9.17) is 0 Å². The third-order valence-electron chi connectivity index (χ3n) is 2.63. The molecule has 0 heteroatoms. The van der Waals surface area contributed by atoms with Crippen molar-refractivity contribution in [1.29, 1.82) is 0 Å². The molecule has 0 saturated heterocycles. The van der Waals surface area contributed by atoms with Crippen LogP contribution in [0.1, 0.15) is 87.5 Å². The standard InChI is InChI=1S/C10H22.C3H8.C2H6/c1-5-8-10(7-3)9(4)6-2;1-3-2;1-2/h9-10H,5-8H2,1-4H3;3H2,1-2H3;1-2H3. The van der Waals surface area contributed by atoms with Crippen molar-refractivity contribution in [1.82, 2.24) is 0 Å². The second-order valence-corrected chi connectivity index (χ2v) is 4.05. The van der Waals surface area contributed by atoms with Crippen LogP contribution in [0.15, 0.2) is 0 Å². The van der Waals surface area contributed by atoms with Crippen molar-refractivity contribution < 1.29 is 0 Å². The molecule has 0 amide bonds. The van der Waals surface area contributed by atoms with Crippen LogP contribution in [0.5, 0.6) is 0 Å². The summed E-state index contributed by atoms with van der Waals surface area (Å²) in [5, 5.41) is 0. The van der Waals surface area contributed by atoms with E-state index in [2.05, 4.69) is 41.5 Å². The van der Waals surface area contributed by atoms with Crippen molar-refractivity contribution in [2.24, 2.45) is 11.8 Å². The van der Waals surface area contributed by atoms with E-state index in [9.17, 15) is 0 Å². The Morgan fingerprint density at radius 2 is 1.20 bits per heavy atom. The Labute approximate surface area is 99.9 Å². The Morgan fingerprint density at radius 1 is 0.800 bits per heavy atom. The summed E-state index contributed by atoms with van der Waals surface area (Å²) in [6.07, 6.45) is 6.73. The van der Waals surface area contributed by atoms with Crippen LogP contribution in [0, 0.1) is 11.8 Å². The molecule has 0 aromatic carbocycles. The molecule has 0 heterocycles. The molecule has 96 valence electrons. The topological polar surface area (TPSA) is 0 Å². The highest BCUT2D eigenvalue weighted by Gasteiger charge is 2.11. The Bertz CT molecular complexity index is 76.1. The van der Waals surface area contributed by atoms with E-state index in [1.54, 1.807) is 0 Å². The first-order valence-corrected chi connectivity index (χ1v) is 7.17. The van der Waals surface area contributed by atoms with Gasteiger partial charge in [0.1, 0.15) is 0 Å². The first-order valence-electron chi connectivity index (χ1n) is 7.17. The van der Waals surface area contributed by atoms with E-state index in [0.29, 0.717) is 0 Å². The highest BCUT2D eigenvalue weighted by molar-refractivity contribution is 4.62. The van der Waals surface area contributed by atoms with Gasteiger partial charge in [0, 0.05) is 0 Å². The minimum Gasteiger partial charge on any atom is -0.0683 e. The van der Waals surface area contributed by atoms with Crippen molar-refractivity contribution in [2.75, 3.05) is 0 Å². The molecule has 0 aliphatic carbocycles. The number of hydrogen-bond acceptors (Lipinski definition) is 0. The van der Waals surface area contributed by atoms with Crippen molar-refractivity contribution in [2.45, 2.75) is 87.5 Å². The van der Waals surface area contributed by atoms with Gasteiger partial charge >= 0.3 is 0 Å². The predicted octanol–water partition coefficient (Wildman–Crippen LogP) is 6.30. The van der Waals surface area contributed by atoms with Gasteiger partial charge in [0.15, 0.2) is 0 Å². The number of hydrogen-bond donors (Lipinski definition) is 0. The van der Waals surface area contributed by atoms with Crippen molar-refractivity contribution >= 4 is 0 Å². The second-order valence-electron chi connectivity index (χ2n) is 4.05. The fraction of sp³-hybridized carbons (Fsp3) is 1.00. The van der Waals surface area contributed by atoms with E-state index in [0.717, 1.165) is 11.8 Å². The highest BCUT2D eigenvalue weighted by atomic mass is 14.2. The molecule has 2 atom stereocenters. The second kappa shape index (κ2) is 19.6. The molecule has 0 nitrogen and oxygen atoms in total. The largest absolute Gasteiger partial charge is 0.0683 e. The molecule has 0 radical (unpaired) electrons. The van der Waals surface area contributed by atoms with E-state index in [1.165, 1.54) is 32.1 Å². The molecule has 0 saturated carbocycles. The molecular formula is C15H36. The van der Waals surface area contributed by atoms with Crippen LogP contribution in [0.25, 0.3) is 0 Å². The fourth-order valence-corrected chi connectivity index (χ4v) is 1.60. The Hall–Kier alpha value is 0. The third kappa shape index (κ3) is 16.7. The lowest BCUT2D eigenvalue weighted by Crippen LogP contribution is -2.09. The highest BCUT2D eigenvalue weighted by Crippen LogP contribution is 2.22. The van der Waals surface area contributed by atoms with Crippen LogP contribution in [-0.4, -0.2) is 0 Å². The normalized spacial score (nSPS) is 12.8. The molecule has 0 rings (SSSR count). The van der Waals surface area contributed by atoms with E-state index in [1.807, 2.05) is 13.8 Å². The molecule has 0 aromatic rings. The summed E-state index contributed by atoms with van der Waals surface area (Å²) in [6, 6.07) is 0. The van der Waals surface area contributed by atoms with Crippen LogP contribution < -0.4 is 0 Å². The molecule has 0 aromatic heterocycles. The molecule has 0 bridgehead atoms. The maximum absolute atomic E-state index is 2.38. The maximum Gasteiger partial charge on any atom is -0.0391 e. The molecular weight excluding hydrogens is 180 g/mol. The number of rotatable bonds is 5. The Kier molecular flexibility index (Phi) is 26.6. The molecule has 0 aliphatic heterocycles. The minimum atomic E-state index is 0.935. The smallest absolute Gasteiger partial charge is 0.0391 e. The molecule has 0 spiro atoms. The zero-order valence-corrected chi connectivity index (χ0v) is 12.7. The van der Waals surface area contributed by atoms with Gasteiger partial charge in [-0.05, 0) is 11.8 Å². The lowest BCUT2D eigenvalue weighted by molar-refractivity contribution is 0.315. The lowest BCUT2D eigenvalue weighted by atomic mass is 9.86. The summed E-state index contributed by atoms with van der Waals surface area (Å²) in [5.41, 5.74) is 0. The van der Waals surface area contributed by atoms with Crippen molar-refractivity contribution in [3.8, 4) is 0 Å². The Morgan fingerprint density at radius 3 is 1.40 bits per heavy atom. The van der Waals surface area contributed by atoms with E-state index >= 15 is 0 Å². The van der Waals surface area contributed by atoms with Crippen LogP contribution in [0.2, 0.25) is 0 Å². The quantitative estimate of drug-likeness (QED) is 0.506. The monoisotopic (exact) mass is 216 g/mol. The van der Waals surface area contributed by atoms with Gasteiger partial charge in [-0.3, -0.25) is 0 Å². The van der Waals surface area contributed by atoms with E-state index in [-0.39, 0.29) is 0 Å². The van der Waals surface area contributed by atoms with Crippen LogP contribution in [0.4, 0.5) is 0 Å². The third-order valence-corrected chi connectivity index (χ3v) is 2.63. The predicted molar refractivity (Wildman–Crippen MR) is 75.5 cm³/mol. The molecule has 2 unspecified atom stereocenters. The first kappa shape index (κ1) is 20.4. The summed E-state index contributed by atoms with van der Waals surface area (Å²) in [7, 11) is 0. The first-order chi connectivity index (χ1) is 7.17. The van der Waals surface area contributed by atoms with E-state index < -0.39 is 0 Å². The summed E-state index contributed by atoms with van der Waals surface area (Å²) in [4.78, 5) is 0. The van der Waals surface area contributed by atoms with Gasteiger partial charge in [-0.15, -0.1) is 0 Å². The van der Waals surface area contributed by atoms with Crippen molar-refractivity contribution in [3.05, 3.63) is 0 Å². The molecule has 0 N–H and O–H groups in total. The van der Waals surface area contributed by atoms with Gasteiger partial charge in [-0.2, -0.15) is 0 Å². The maximum atomic E-state index is 2.38. The van der Waals surface area contributed by atoms with Crippen LogP contribution in [-0.2, 0) is 0 Å². The minimum absolute atomic E-state index is 0.935. The lowest BCUT2D eigenvalue weighted by Gasteiger charge is -2.20. The fourth-order valence-electron chi connectivity index (χ4n) is 1.60. The van der Waals surface area contributed by atoms with Gasteiger partial charge < -0.3 is 0 Å². The van der Waals surface area contributed by atoms with Crippen molar-refractivity contribution in [3.63, 3.8) is 0 Å². The van der Waals surface area contributed by atoms with Gasteiger partial charge in [-0.1, -0.05) is 87.5 Å². The van der Waals surface area contributed by atoms with Crippen LogP contribution in [0.3, 0.4) is 0 Å². The zero-order valence-electron chi connectivity index (χ0n) is 12.7. The zero-order chi connectivity index (χ0) is 12.7. The van der Waals surface area contributed by atoms with Gasteiger partial charge in [0.05, 0.1) is 0 Å². The Balaban J connectivity index is -0.000000245. The summed E-state index contributed by atoms with van der Waals surface area (Å²) in [6.45, 7) is 17.5. The molecule has 0 fully saturated rings. The van der Waals surface area contributed by atoms with Gasteiger partial charge in [0.2, 0.25) is 0 Å². The molecule has 0 aliphatic rings. The summed E-state index contributed by atoms with van der Waals surface area (Å²) in [5.74, 6) is 1.92. The van der Waals surface area contributed by atoms with Crippen LogP contribution >= 0.6 is 0 Å². The summed E-state index contributed by atoms with van der Waals surface area (Å²) < 4.78 is 0. The van der Waals surface area contributed by atoms with Gasteiger partial charge in [0.25, 0.3) is 0 Å². The van der Waals surface area contributed by atoms with Gasteiger partial charge in [-0.25, -0.2) is 0 Å². The summed E-state index contributed by atoms with van der Waals surface area (Å²) >= 11 is 0. The molecule has 15 heavy (non-hydrogen) atoms. The average molecular weight is 216 g/mol. The SMILES string of the molecule is CC.CCC.CCCC(CC)C(C)CC.